The molecule has 4 rings (SSSR count). The number of amides is 2. The molecule has 2 amide bonds. The first kappa shape index (κ1) is 15.5. The predicted octanol–water partition coefficient (Wildman–Crippen LogP) is 1.57. The van der Waals surface area contributed by atoms with Gasteiger partial charge in [0.2, 0.25) is 6.79 Å². The fraction of sp³-hybridized carbons (Fsp3) is 0.353. The number of ether oxygens (including phenoxy) is 3. The molecule has 2 aliphatic rings. The number of fused-ring (bicyclic) bond motifs is 1. The minimum atomic E-state index is -0.113. The van der Waals surface area contributed by atoms with E-state index in [9.17, 15) is 4.79 Å². The van der Waals surface area contributed by atoms with Gasteiger partial charge in [-0.05, 0) is 23.8 Å². The van der Waals surface area contributed by atoms with Crippen LogP contribution in [0, 0.1) is 0 Å². The van der Waals surface area contributed by atoms with Crippen LogP contribution in [0.2, 0.25) is 0 Å². The van der Waals surface area contributed by atoms with E-state index in [4.69, 9.17) is 14.2 Å². The second kappa shape index (κ2) is 6.84. The fourth-order valence-electron chi connectivity index (χ4n) is 2.84. The second-order valence-corrected chi connectivity index (χ2v) is 5.85. The summed E-state index contributed by atoms with van der Waals surface area (Å²) in [5.74, 6) is 1.45. The van der Waals surface area contributed by atoms with Gasteiger partial charge in [-0.2, -0.15) is 0 Å². The molecule has 25 heavy (non-hydrogen) atoms. The number of likely N-dealkylation sites (tertiary alicyclic amines) is 1. The maximum absolute atomic E-state index is 12.3. The van der Waals surface area contributed by atoms with Gasteiger partial charge in [-0.3, -0.25) is 0 Å². The highest BCUT2D eigenvalue weighted by Gasteiger charge is 2.28. The largest absolute Gasteiger partial charge is 0.458 e. The van der Waals surface area contributed by atoms with Crippen molar-refractivity contribution in [3.05, 3.63) is 42.2 Å². The van der Waals surface area contributed by atoms with E-state index >= 15 is 0 Å². The zero-order valence-electron chi connectivity index (χ0n) is 13.6. The Morgan fingerprint density at radius 3 is 3.00 bits per heavy atom. The van der Waals surface area contributed by atoms with E-state index in [1.54, 1.807) is 23.4 Å². The lowest BCUT2D eigenvalue weighted by Gasteiger charge is -2.17. The maximum atomic E-state index is 12.3. The molecular formula is C17H18N4O4. The lowest BCUT2D eigenvalue weighted by molar-refractivity contribution is 0.174. The van der Waals surface area contributed by atoms with Gasteiger partial charge in [0.1, 0.15) is 6.10 Å². The Balaban J connectivity index is 1.27. The summed E-state index contributed by atoms with van der Waals surface area (Å²) in [6.07, 6.45) is 3.94. The molecule has 2 aromatic rings. The van der Waals surface area contributed by atoms with E-state index in [0.29, 0.717) is 31.4 Å². The third-order valence-electron chi connectivity index (χ3n) is 4.13. The first-order valence-corrected chi connectivity index (χ1v) is 8.13. The Morgan fingerprint density at radius 1 is 1.28 bits per heavy atom. The number of nitrogens with zero attached hydrogens (tertiary/aromatic N) is 3. The van der Waals surface area contributed by atoms with Crippen LogP contribution in [-0.4, -0.2) is 46.9 Å². The van der Waals surface area contributed by atoms with Crippen molar-refractivity contribution in [2.45, 2.75) is 19.1 Å². The Labute approximate surface area is 144 Å². The van der Waals surface area contributed by atoms with Crippen LogP contribution in [0.25, 0.3) is 0 Å². The molecular weight excluding hydrogens is 324 g/mol. The number of urea groups is 1. The van der Waals surface area contributed by atoms with Gasteiger partial charge in [0.15, 0.2) is 11.5 Å². The first-order chi connectivity index (χ1) is 12.3. The molecule has 0 saturated carbocycles. The van der Waals surface area contributed by atoms with Crippen LogP contribution in [0.15, 0.2) is 36.7 Å². The summed E-state index contributed by atoms with van der Waals surface area (Å²) in [6.45, 7) is 1.83. The molecule has 8 nitrogen and oxygen atoms in total. The molecule has 0 aliphatic carbocycles. The van der Waals surface area contributed by atoms with Crippen molar-refractivity contribution in [1.29, 1.82) is 0 Å². The summed E-state index contributed by atoms with van der Waals surface area (Å²) < 4.78 is 16.3. The van der Waals surface area contributed by atoms with Crippen LogP contribution in [0.1, 0.15) is 12.0 Å². The molecule has 1 N–H and O–H groups in total. The van der Waals surface area contributed by atoms with Gasteiger partial charge in [-0.1, -0.05) is 6.07 Å². The third kappa shape index (κ3) is 3.57. The van der Waals surface area contributed by atoms with Crippen LogP contribution in [0.3, 0.4) is 0 Å². The lowest BCUT2D eigenvalue weighted by atomic mass is 10.2. The summed E-state index contributed by atoms with van der Waals surface area (Å²) in [4.78, 5) is 22.1. The van der Waals surface area contributed by atoms with Gasteiger partial charge in [0.05, 0.1) is 6.54 Å². The van der Waals surface area contributed by atoms with Crippen molar-refractivity contribution < 1.29 is 19.0 Å². The zero-order valence-corrected chi connectivity index (χ0v) is 13.6. The summed E-state index contributed by atoms with van der Waals surface area (Å²) in [5.41, 5.74) is 0.960. The first-order valence-electron chi connectivity index (χ1n) is 8.13. The number of hydrogen-bond acceptors (Lipinski definition) is 6. The average Bonchev–Trinajstić information content (AvgIpc) is 3.29. The molecule has 130 valence electrons. The predicted molar refractivity (Wildman–Crippen MR) is 87.4 cm³/mol. The van der Waals surface area contributed by atoms with E-state index in [1.807, 2.05) is 18.2 Å². The fourth-order valence-corrected chi connectivity index (χ4v) is 2.84. The second-order valence-electron chi connectivity index (χ2n) is 5.85. The highest BCUT2D eigenvalue weighted by Crippen LogP contribution is 2.32. The number of aromatic nitrogens is 2. The van der Waals surface area contributed by atoms with Gasteiger partial charge in [0, 0.05) is 31.9 Å². The van der Waals surface area contributed by atoms with Crippen molar-refractivity contribution in [1.82, 2.24) is 20.2 Å². The summed E-state index contributed by atoms with van der Waals surface area (Å²) in [7, 11) is 0. The Kier molecular flexibility index (Phi) is 4.24. The summed E-state index contributed by atoms with van der Waals surface area (Å²) >= 11 is 0. The number of rotatable bonds is 4. The van der Waals surface area contributed by atoms with E-state index in [2.05, 4.69) is 15.3 Å². The van der Waals surface area contributed by atoms with Gasteiger partial charge in [-0.25, -0.2) is 14.8 Å². The van der Waals surface area contributed by atoms with Crippen molar-refractivity contribution in [2.24, 2.45) is 0 Å². The highest BCUT2D eigenvalue weighted by atomic mass is 16.7. The van der Waals surface area contributed by atoms with Crippen LogP contribution in [0.5, 0.6) is 17.5 Å². The molecule has 8 heteroatoms. The number of carbonyl (C=O) groups is 1. The van der Waals surface area contributed by atoms with Crippen LogP contribution in [0.4, 0.5) is 4.79 Å². The van der Waals surface area contributed by atoms with Gasteiger partial charge in [0.25, 0.3) is 0 Å². The van der Waals surface area contributed by atoms with Gasteiger partial charge >= 0.3 is 12.0 Å². The van der Waals surface area contributed by atoms with E-state index < -0.39 is 0 Å². The molecule has 0 radical (unpaired) electrons. The van der Waals surface area contributed by atoms with Crippen LogP contribution in [-0.2, 0) is 6.54 Å². The molecule has 1 fully saturated rings. The van der Waals surface area contributed by atoms with Crippen LogP contribution < -0.4 is 19.5 Å². The van der Waals surface area contributed by atoms with Gasteiger partial charge in [-0.15, -0.1) is 0 Å². The Bertz CT molecular complexity index is 756. The molecule has 1 aromatic heterocycles. The smallest absolute Gasteiger partial charge is 0.317 e. The Morgan fingerprint density at radius 2 is 2.12 bits per heavy atom. The Hall–Kier alpha value is -3.03. The zero-order chi connectivity index (χ0) is 17.1. The minimum Gasteiger partial charge on any atom is -0.458 e. The standard InChI is InChI=1S/C17H18N4O4/c22-17(20-9-12-2-3-14-15(8-12)24-11-23-14)21-7-4-13(10-21)25-16-18-5-1-6-19-16/h1-3,5-6,8,13H,4,7,9-11H2,(H,20,22)/t13-/m1/s1. The normalized spacial score (nSPS) is 18.2. The number of carbonyl (C=O) groups excluding carboxylic acids is 1. The topological polar surface area (TPSA) is 85.8 Å². The monoisotopic (exact) mass is 342 g/mol. The number of hydrogen-bond donors (Lipinski definition) is 1. The highest BCUT2D eigenvalue weighted by molar-refractivity contribution is 5.74. The molecule has 1 atom stereocenters. The number of nitrogens with one attached hydrogen (secondary N) is 1. The van der Waals surface area contributed by atoms with Crippen molar-refractivity contribution in [2.75, 3.05) is 19.9 Å². The molecule has 0 spiro atoms. The summed E-state index contributed by atoms with van der Waals surface area (Å²) in [5, 5.41) is 2.92. The average molecular weight is 342 g/mol. The SMILES string of the molecule is O=C(NCc1ccc2c(c1)OCO2)N1CC[C@@H](Oc2ncccn2)C1. The molecule has 1 saturated heterocycles. The van der Waals surface area contributed by atoms with E-state index in [1.165, 1.54) is 0 Å². The molecule has 2 aliphatic heterocycles. The van der Waals surface area contributed by atoms with E-state index in [-0.39, 0.29) is 18.9 Å². The third-order valence-corrected chi connectivity index (χ3v) is 4.13. The quantitative estimate of drug-likeness (QED) is 0.908. The van der Waals surface area contributed by atoms with Gasteiger partial charge < -0.3 is 24.4 Å². The lowest BCUT2D eigenvalue weighted by Crippen LogP contribution is -2.39. The van der Waals surface area contributed by atoms with Crippen molar-refractivity contribution >= 4 is 6.03 Å². The molecule has 0 unspecified atom stereocenters. The van der Waals surface area contributed by atoms with Crippen molar-refractivity contribution in [3.8, 4) is 17.5 Å². The molecule has 0 bridgehead atoms. The van der Waals surface area contributed by atoms with Crippen molar-refractivity contribution in [3.63, 3.8) is 0 Å². The van der Waals surface area contributed by atoms with Crippen LogP contribution >= 0.6 is 0 Å². The number of benzene rings is 1. The van der Waals surface area contributed by atoms with E-state index in [0.717, 1.165) is 17.7 Å². The molecule has 1 aromatic carbocycles. The molecule has 3 heterocycles. The minimum absolute atomic E-state index is 0.0845. The maximum Gasteiger partial charge on any atom is 0.317 e. The summed E-state index contributed by atoms with van der Waals surface area (Å²) in [6, 6.07) is 7.61.